The molecule has 5 heterocycles. The molecule has 0 fully saturated rings. The molecule has 6 atom stereocenters. The van der Waals surface area contributed by atoms with Gasteiger partial charge in [0.2, 0.25) is 0 Å². The van der Waals surface area contributed by atoms with Gasteiger partial charge in [-0.3, -0.25) is 0 Å². The molecule has 1 aromatic carbocycles. The lowest BCUT2D eigenvalue weighted by Crippen LogP contribution is -2.52. The van der Waals surface area contributed by atoms with E-state index in [9.17, 15) is 0 Å². The van der Waals surface area contributed by atoms with Crippen LogP contribution in [-0.4, -0.2) is 19.2 Å². The minimum Gasteiger partial charge on any atom is -0.490 e. The number of fused-ring (bicyclic) bond motifs is 10. The van der Waals surface area contributed by atoms with Gasteiger partial charge in [-0.05, 0) is 153 Å². The van der Waals surface area contributed by atoms with Crippen LogP contribution in [0.25, 0.3) is 6.08 Å². The number of benzene rings is 1. The number of nitrogens with two attached hydrogens (primary N) is 1. The highest BCUT2D eigenvalue weighted by Crippen LogP contribution is 2.64. The third-order valence-corrected chi connectivity index (χ3v) is 16.7. The highest BCUT2D eigenvalue weighted by molar-refractivity contribution is 7.13. The Morgan fingerprint density at radius 3 is 2.78 bits per heavy atom. The van der Waals surface area contributed by atoms with Crippen molar-refractivity contribution in [2.75, 3.05) is 13.1 Å². The molecule has 0 radical (unpaired) electrons. The van der Waals surface area contributed by atoms with Crippen molar-refractivity contribution in [3.8, 4) is 5.75 Å². The summed E-state index contributed by atoms with van der Waals surface area (Å²) in [5.74, 6) is 4.99. The summed E-state index contributed by atoms with van der Waals surface area (Å²) in [6.07, 6.45) is 28.9. The molecule has 8 aliphatic rings. The predicted molar refractivity (Wildman–Crippen MR) is 222 cm³/mol. The Bertz CT molecular complexity index is 2260. The van der Waals surface area contributed by atoms with Crippen LogP contribution >= 0.6 is 22.7 Å². The maximum absolute atomic E-state index is 7.27. The number of aryl methyl sites for hydroxylation is 2. The molecule has 5 aliphatic carbocycles. The van der Waals surface area contributed by atoms with Gasteiger partial charge in [0, 0.05) is 55.8 Å². The summed E-state index contributed by atoms with van der Waals surface area (Å²) < 4.78 is 14.4. The molecule has 2 aromatic heterocycles. The minimum absolute atomic E-state index is 0.134. The van der Waals surface area contributed by atoms with Crippen molar-refractivity contribution in [2.24, 2.45) is 17.6 Å². The summed E-state index contributed by atoms with van der Waals surface area (Å²) in [6.45, 7) is 7.49. The van der Waals surface area contributed by atoms with Crippen molar-refractivity contribution in [3.63, 3.8) is 0 Å². The van der Waals surface area contributed by atoms with Gasteiger partial charge in [0.25, 0.3) is 0 Å². The second-order valence-electron chi connectivity index (χ2n) is 17.2. The second-order valence-corrected chi connectivity index (χ2v) is 19.6. The SMILES string of the molecule is Cc1sc2c(c1CCN)C(C1=CC3=C(CC1)C1(C4=C(C=CC(C)C4)Oc4cc(C5CCCc6sc7c(c65)CCNC7)ccc41)C1CC=CCC1O3)CC=C2. The van der Waals surface area contributed by atoms with Crippen molar-refractivity contribution in [1.82, 2.24) is 5.32 Å². The van der Waals surface area contributed by atoms with Crippen molar-refractivity contribution in [2.45, 2.75) is 114 Å². The van der Waals surface area contributed by atoms with Crippen LogP contribution in [0.5, 0.6) is 5.75 Å². The summed E-state index contributed by atoms with van der Waals surface area (Å²) in [5.41, 5.74) is 19.7. The smallest absolute Gasteiger partial charge is 0.132 e. The first-order valence-corrected chi connectivity index (χ1v) is 22.5. The molecule has 4 nitrogen and oxygen atoms in total. The van der Waals surface area contributed by atoms with E-state index >= 15 is 0 Å². The number of rotatable bonds is 4. The molecule has 0 saturated heterocycles. The first-order chi connectivity index (χ1) is 26.5. The zero-order valence-electron chi connectivity index (χ0n) is 31.8. The van der Waals surface area contributed by atoms with Gasteiger partial charge in [0.1, 0.15) is 23.4 Å². The molecular weight excluding hydrogens is 701 g/mol. The fourth-order valence-corrected chi connectivity index (χ4v) is 14.7. The van der Waals surface area contributed by atoms with Crippen molar-refractivity contribution < 1.29 is 9.47 Å². The number of hydrogen-bond donors (Lipinski definition) is 2. The van der Waals surface area contributed by atoms with Crippen molar-refractivity contribution in [1.29, 1.82) is 0 Å². The van der Waals surface area contributed by atoms with E-state index in [1.807, 2.05) is 11.3 Å². The molecule has 6 heteroatoms. The van der Waals surface area contributed by atoms with Crippen LogP contribution in [0.1, 0.15) is 123 Å². The Morgan fingerprint density at radius 1 is 0.926 bits per heavy atom. The monoisotopic (exact) mass is 752 g/mol. The maximum atomic E-state index is 7.27. The number of allylic oxidation sites excluding steroid dienone is 8. The lowest BCUT2D eigenvalue weighted by molar-refractivity contribution is 0.0124. The molecule has 1 spiro atoms. The molecule has 278 valence electrons. The molecule has 54 heavy (non-hydrogen) atoms. The van der Waals surface area contributed by atoms with Gasteiger partial charge in [-0.1, -0.05) is 48.9 Å². The molecule has 0 amide bonds. The molecule has 0 bridgehead atoms. The van der Waals surface area contributed by atoms with Gasteiger partial charge in [-0.25, -0.2) is 0 Å². The van der Waals surface area contributed by atoms with Gasteiger partial charge in [0.15, 0.2) is 0 Å². The highest BCUT2D eigenvalue weighted by Gasteiger charge is 2.58. The summed E-state index contributed by atoms with van der Waals surface area (Å²) >= 11 is 4.03. The van der Waals surface area contributed by atoms with E-state index in [1.54, 1.807) is 26.4 Å². The number of hydrogen-bond acceptors (Lipinski definition) is 6. The third-order valence-electron chi connectivity index (χ3n) is 14.3. The summed E-state index contributed by atoms with van der Waals surface area (Å²) in [6, 6.07) is 7.53. The molecule has 6 unspecified atom stereocenters. The Hall–Kier alpha value is -3.42. The summed E-state index contributed by atoms with van der Waals surface area (Å²) in [4.78, 5) is 6.08. The van der Waals surface area contributed by atoms with Gasteiger partial charge < -0.3 is 20.5 Å². The average molecular weight is 753 g/mol. The fourth-order valence-electron chi connectivity index (χ4n) is 12.1. The first-order valence-electron chi connectivity index (χ1n) is 20.9. The lowest BCUT2D eigenvalue weighted by Gasteiger charge is -2.55. The Kier molecular flexibility index (Phi) is 8.21. The summed E-state index contributed by atoms with van der Waals surface area (Å²) in [5, 5.41) is 3.64. The number of thiophene rings is 2. The topological polar surface area (TPSA) is 56.5 Å². The van der Waals surface area contributed by atoms with Crippen LogP contribution in [0.2, 0.25) is 0 Å². The van der Waals surface area contributed by atoms with E-state index in [-0.39, 0.29) is 11.5 Å². The molecule has 3 aliphatic heterocycles. The average Bonchev–Trinajstić information content (AvgIpc) is 3.74. The zero-order valence-corrected chi connectivity index (χ0v) is 33.4. The van der Waals surface area contributed by atoms with E-state index in [0.29, 0.717) is 30.2 Å². The van der Waals surface area contributed by atoms with Crippen LogP contribution in [0, 0.1) is 18.8 Å². The zero-order chi connectivity index (χ0) is 36.1. The second kappa shape index (κ2) is 13.1. The van der Waals surface area contributed by atoms with Crippen LogP contribution in [0.4, 0.5) is 0 Å². The molecule has 3 aromatic rings. The van der Waals surface area contributed by atoms with Crippen LogP contribution in [-0.2, 0) is 36.0 Å². The first kappa shape index (κ1) is 33.9. The van der Waals surface area contributed by atoms with Crippen LogP contribution < -0.4 is 15.8 Å². The van der Waals surface area contributed by atoms with Crippen molar-refractivity contribution in [3.05, 3.63) is 136 Å². The number of nitrogens with one attached hydrogen (secondary N) is 1. The summed E-state index contributed by atoms with van der Waals surface area (Å²) in [7, 11) is 0. The quantitative estimate of drug-likeness (QED) is 0.261. The van der Waals surface area contributed by atoms with E-state index in [4.69, 9.17) is 15.2 Å². The van der Waals surface area contributed by atoms with E-state index < -0.39 is 0 Å². The number of ether oxygens (including phenoxy) is 2. The van der Waals surface area contributed by atoms with Gasteiger partial charge in [-0.15, -0.1) is 22.7 Å². The van der Waals surface area contributed by atoms with Crippen LogP contribution in [0.3, 0.4) is 0 Å². The van der Waals surface area contributed by atoms with Gasteiger partial charge >= 0.3 is 0 Å². The predicted octanol–water partition coefficient (Wildman–Crippen LogP) is 10.8. The maximum Gasteiger partial charge on any atom is 0.132 e. The van der Waals surface area contributed by atoms with Gasteiger partial charge in [-0.2, -0.15) is 0 Å². The largest absolute Gasteiger partial charge is 0.490 e. The molecule has 11 rings (SSSR count). The third kappa shape index (κ3) is 4.98. The standard InChI is InChI=1S/C48H52N2O2S2/c1-27-13-18-40-38(23-27)48(37-17-15-30(25-42(37)52-40)33-8-6-12-44-47(33)34-20-22-50-26-45(34)54-44)35-9-3-4-10-39(35)51-41-24-29(14-16-36(41)48)32-7-5-11-43-46(32)31(19-21-49)28(2)53-43/h3-5,11,13,15,17-18,24-25,27,32-33,35,39,50H,6-10,12,14,16,19-23,26,49H2,1-2H3. The Balaban J connectivity index is 1.08. The molecule has 3 N–H and O–H groups in total. The van der Waals surface area contributed by atoms with Crippen LogP contribution in [0.15, 0.2) is 82.9 Å². The van der Waals surface area contributed by atoms with E-state index in [1.165, 1.54) is 62.4 Å². The highest BCUT2D eigenvalue weighted by atomic mass is 32.1. The van der Waals surface area contributed by atoms with Crippen molar-refractivity contribution >= 4 is 28.7 Å². The Labute approximate surface area is 328 Å². The molecular formula is C48H52N2O2S2. The van der Waals surface area contributed by atoms with Gasteiger partial charge in [0.05, 0.1) is 5.41 Å². The fraction of sp³-hybridized carbons (Fsp3) is 0.458. The molecule has 0 saturated carbocycles. The van der Waals surface area contributed by atoms with E-state index in [0.717, 1.165) is 81.7 Å². The Morgan fingerprint density at radius 2 is 1.85 bits per heavy atom. The van der Waals surface area contributed by atoms with E-state index in [2.05, 4.69) is 91.2 Å². The normalized spacial score (nSPS) is 30.4. The minimum atomic E-state index is -0.238. The lowest BCUT2D eigenvalue weighted by atomic mass is 9.52.